The first kappa shape index (κ1) is 21.7. The molecule has 1 aromatic carbocycles. The molecule has 0 unspecified atom stereocenters. The van der Waals surface area contributed by atoms with Gasteiger partial charge in [0.2, 0.25) is 11.8 Å². The Balaban J connectivity index is 0.00000261. The Kier molecular flexibility index (Phi) is 8.54. The zero-order chi connectivity index (χ0) is 18.4. The highest BCUT2D eigenvalue weighted by Crippen LogP contribution is 2.25. The number of anilines is 1. The number of hydrogen-bond donors (Lipinski definition) is 3. The van der Waals surface area contributed by atoms with Crippen LogP contribution in [0.1, 0.15) is 44.6 Å². The molecule has 1 saturated heterocycles. The Bertz CT molecular complexity index is 635. The third-order valence-electron chi connectivity index (χ3n) is 5.24. The Hall–Kier alpha value is -1.63. The standard InChI is InChI=1S/C20H29N3O3.ClH/c1-14-18(21-10-11-26-14)20(25)22-13-15-6-5-9-17(12-15)23-19(24)16-7-3-2-4-8-16;/h5-6,9,12,14,16,18,21H,2-4,7-8,10-11,13H2,1H3,(H,22,25)(H,23,24);1H/t14-,18+;/m1./s1. The zero-order valence-electron chi connectivity index (χ0n) is 15.8. The van der Waals surface area contributed by atoms with Crippen LogP contribution < -0.4 is 16.0 Å². The number of morpholine rings is 1. The van der Waals surface area contributed by atoms with Crippen molar-refractivity contribution in [2.24, 2.45) is 5.92 Å². The van der Waals surface area contributed by atoms with E-state index in [0.29, 0.717) is 19.7 Å². The van der Waals surface area contributed by atoms with Gasteiger partial charge in [0.05, 0.1) is 12.7 Å². The monoisotopic (exact) mass is 395 g/mol. The predicted octanol–water partition coefficient (Wildman–Crippen LogP) is 2.62. The molecule has 2 aliphatic rings. The Morgan fingerprint density at radius 1 is 1.19 bits per heavy atom. The minimum absolute atomic E-state index is 0. The molecule has 150 valence electrons. The average Bonchev–Trinajstić information content (AvgIpc) is 2.67. The molecule has 27 heavy (non-hydrogen) atoms. The first-order valence-corrected chi connectivity index (χ1v) is 9.66. The number of carbonyl (C=O) groups excluding carboxylic acids is 2. The van der Waals surface area contributed by atoms with Gasteiger partial charge in [0.15, 0.2) is 0 Å². The van der Waals surface area contributed by atoms with Crippen LogP contribution >= 0.6 is 12.4 Å². The molecule has 0 bridgehead atoms. The van der Waals surface area contributed by atoms with Crippen molar-refractivity contribution < 1.29 is 14.3 Å². The molecule has 1 aromatic rings. The number of carbonyl (C=O) groups is 2. The lowest BCUT2D eigenvalue weighted by Gasteiger charge is -2.29. The Morgan fingerprint density at radius 2 is 1.96 bits per heavy atom. The highest BCUT2D eigenvalue weighted by atomic mass is 35.5. The van der Waals surface area contributed by atoms with Crippen LogP contribution in [0, 0.1) is 5.92 Å². The third-order valence-corrected chi connectivity index (χ3v) is 5.24. The lowest BCUT2D eigenvalue weighted by Crippen LogP contribution is -2.55. The highest BCUT2D eigenvalue weighted by molar-refractivity contribution is 5.92. The van der Waals surface area contributed by atoms with E-state index < -0.39 is 0 Å². The number of benzene rings is 1. The van der Waals surface area contributed by atoms with Crippen molar-refractivity contribution in [1.29, 1.82) is 0 Å². The Morgan fingerprint density at radius 3 is 2.70 bits per heavy atom. The summed E-state index contributed by atoms with van der Waals surface area (Å²) in [5, 5.41) is 9.16. The second-order valence-corrected chi connectivity index (χ2v) is 7.25. The SMILES string of the molecule is C[C@H]1OCCN[C@@H]1C(=O)NCc1cccc(NC(=O)C2CCCCC2)c1.Cl. The first-order valence-electron chi connectivity index (χ1n) is 9.66. The fourth-order valence-electron chi connectivity index (χ4n) is 3.69. The van der Waals surface area contributed by atoms with Crippen molar-refractivity contribution in [2.45, 2.75) is 57.7 Å². The maximum Gasteiger partial charge on any atom is 0.240 e. The molecule has 2 amide bonds. The summed E-state index contributed by atoms with van der Waals surface area (Å²) < 4.78 is 5.51. The van der Waals surface area contributed by atoms with Crippen LogP contribution in [0.25, 0.3) is 0 Å². The summed E-state index contributed by atoms with van der Waals surface area (Å²) in [6.45, 7) is 3.65. The molecular weight excluding hydrogens is 366 g/mol. The molecule has 6 nitrogen and oxygen atoms in total. The molecule has 2 atom stereocenters. The van der Waals surface area contributed by atoms with Crippen LogP contribution in [0.3, 0.4) is 0 Å². The van der Waals surface area contributed by atoms with Gasteiger partial charge in [-0.05, 0) is 37.5 Å². The molecule has 1 heterocycles. The van der Waals surface area contributed by atoms with Gasteiger partial charge in [-0.1, -0.05) is 31.4 Å². The lowest BCUT2D eigenvalue weighted by atomic mass is 9.88. The molecule has 2 fully saturated rings. The maximum absolute atomic E-state index is 12.4. The third kappa shape index (κ3) is 6.19. The van der Waals surface area contributed by atoms with Crippen molar-refractivity contribution >= 4 is 29.9 Å². The normalized spacial score (nSPS) is 23.1. The smallest absolute Gasteiger partial charge is 0.240 e. The first-order chi connectivity index (χ1) is 12.6. The van der Waals surface area contributed by atoms with Crippen molar-refractivity contribution in [3.8, 4) is 0 Å². The van der Waals surface area contributed by atoms with Crippen LogP contribution in [0.15, 0.2) is 24.3 Å². The summed E-state index contributed by atoms with van der Waals surface area (Å²) in [6, 6.07) is 7.35. The van der Waals surface area contributed by atoms with Gasteiger partial charge in [-0.3, -0.25) is 9.59 Å². The molecule has 7 heteroatoms. The van der Waals surface area contributed by atoms with Crippen LogP contribution in [0.4, 0.5) is 5.69 Å². The van der Waals surface area contributed by atoms with Gasteiger partial charge in [-0.15, -0.1) is 12.4 Å². The molecule has 0 aromatic heterocycles. The van der Waals surface area contributed by atoms with E-state index in [1.165, 1.54) is 6.42 Å². The van der Waals surface area contributed by atoms with Gasteiger partial charge in [-0.25, -0.2) is 0 Å². The summed E-state index contributed by atoms with van der Waals surface area (Å²) in [4.78, 5) is 24.7. The van der Waals surface area contributed by atoms with Gasteiger partial charge >= 0.3 is 0 Å². The van der Waals surface area contributed by atoms with Crippen molar-refractivity contribution in [3.05, 3.63) is 29.8 Å². The quantitative estimate of drug-likeness (QED) is 0.716. The zero-order valence-corrected chi connectivity index (χ0v) is 16.6. The largest absolute Gasteiger partial charge is 0.375 e. The number of rotatable bonds is 5. The second kappa shape index (κ2) is 10.6. The summed E-state index contributed by atoms with van der Waals surface area (Å²) in [5.74, 6) is 0.183. The van der Waals surface area contributed by atoms with E-state index >= 15 is 0 Å². The number of ether oxygens (including phenoxy) is 1. The van der Waals surface area contributed by atoms with Gasteiger partial charge in [-0.2, -0.15) is 0 Å². The molecule has 1 saturated carbocycles. The molecule has 1 aliphatic carbocycles. The predicted molar refractivity (Wildman–Crippen MR) is 108 cm³/mol. The van der Waals surface area contributed by atoms with Crippen LogP contribution in [-0.4, -0.2) is 37.1 Å². The van der Waals surface area contributed by atoms with Crippen LogP contribution in [0.5, 0.6) is 0 Å². The van der Waals surface area contributed by atoms with E-state index in [2.05, 4.69) is 16.0 Å². The molecule has 3 N–H and O–H groups in total. The molecule has 1 aliphatic heterocycles. The lowest BCUT2D eigenvalue weighted by molar-refractivity contribution is -0.129. The number of halogens is 1. The minimum Gasteiger partial charge on any atom is -0.375 e. The van der Waals surface area contributed by atoms with E-state index in [4.69, 9.17) is 4.74 Å². The fraction of sp³-hybridized carbons (Fsp3) is 0.600. The summed E-state index contributed by atoms with van der Waals surface area (Å²) >= 11 is 0. The summed E-state index contributed by atoms with van der Waals surface area (Å²) in [6.07, 6.45) is 5.35. The van der Waals surface area contributed by atoms with Crippen LogP contribution in [0.2, 0.25) is 0 Å². The maximum atomic E-state index is 12.4. The van der Waals surface area contributed by atoms with Gasteiger partial charge in [0.1, 0.15) is 6.04 Å². The van der Waals surface area contributed by atoms with Gasteiger partial charge < -0.3 is 20.7 Å². The van der Waals surface area contributed by atoms with E-state index in [1.54, 1.807) is 0 Å². The molecular formula is C20H30ClN3O3. The topological polar surface area (TPSA) is 79.5 Å². The Labute approximate surface area is 167 Å². The van der Waals surface area contributed by atoms with Crippen molar-refractivity contribution in [2.75, 3.05) is 18.5 Å². The average molecular weight is 396 g/mol. The minimum atomic E-state index is -0.321. The number of amides is 2. The van der Waals surface area contributed by atoms with E-state index in [1.807, 2.05) is 31.2 Å². The number of hydrogen-bond acceptors (Lipinski definition) is 4. The van der Waals surface area contributed by atoms with Gasteiger partial charge in [0.25, 0.3) is 0 Å². The summed E-state index contributed by atoms with van der Waals surface area (Å²) in [7, 11) is 0. The van der Waals surface area contributed by atoms with Crippen molar-refractivity contribution in [3.63, 3.8) is 0 Å². The van der Waals surface area contributed by atoms with Crippen LogP contribution in [-0.2, 0) is 20.9 Å². The highest BCUT2D eigenvalue weighted by Gasteiger charge is 2.28. The number of nitrogens with one attached hydrogen (secondary N) is 3. The molecule has 3 rings (SSSR count). The van der Waals surface area contributed by atoms with Crippen molar-refractivity contribution in [1.82, 2.24) is 10.6 Å². The summed E-state index contributed by atoms with van der Waals surface area (Å²) in [5.41, 5.74) is 1.75. The van der Waals surface area contributed by atoms with Gasteiger partial charge in [0, 0.05) is 24.7 Å². The van der Waals surface area contributed by atoms with E-state index in [0.717, 1.165) is 36.9 Å². The second-order valence-electron chi connectivity index (χ2n) is 7.25. The molecule has 0 radical (unpaired) electrons. The molecule has 0 spiro atoms. The fourth-order valence-corrected chi connectivity index (χ4v) is 3.69. The van der Waals surface area contributed by atoms with E-state index in [9.17, 15) is 9.59 Å². The van der Waals surface area contributed by atoms with E-state index in [-0.39, 0.29) is 42.3 Å².